The zero-order valence-corrected chi connectivity index (χ0v) is 12.9. The van der Waals surface area contributed by atoms with Gasteiger partial charge in [0.25, 0.3) is 0 Å². The van der Waals surface area contributed by atoms with E-state index in [0.29, 0.717) is 28.4 Å². The second kappa shape index (κ2) is 5.49. The predicted octanol–water partition coefficient (Wildman–Crippen LogP) is 3.11. The number of hydrogen-bond acceptors (Lipinski definition) is 3. The molecule has 1 aliphatic heterocycles. The second-order valence-corrected chi connectivity index (χ2v) is 5.48. The Labute approximate surface area is 137 Å². The highest BCUT2D eigenvalue weighted by atomic mass is 19.1. The highest BCUT2D eigenvalue weighted by Crippen LogP contribution is 2.32. The van der Waals surface area contributed by atoms with E-state index in [1.54, 1.807) is 12.1 Å². The fourth-order valence-corrected chi connectivity index (χ4v) is 2.89. The Balaban J connectivity index is 1.99. The van der Waals surface area contributed by atoms with Gasteiger partial charge in [-0.2, -0.15) is 0 Å². The largest absolute Gasteiger partial charge is 0.497 e. The molecule has 2 N–H and O–H groups in total. The average molecular weight is 323 g/mol. The minimum Gasteiger partial charge on any atom is -0.497 e. The van der Waals surface area contributed by atoms with Crippen molar-refractivity contribution >= 4 is 28.2 Å². The van der Waals surface area contributed by atoms with E-state index < -0.39 is 5.82 Å². The maximum atomic E-state index is 14.4. The Hall–Kier alpha value is -3.15. The number of fused-ring (bicyclic) bond motifs is 3. The van der Waals surface area contributed by atoms with E-state index in [4.69, 9.17) is 4.74 Å². The van der Waals surface area contributed by atoms with Crippen LogP contribution in [0.2, 0.25) is 0 Å². The number of aromatic amines is 1. The molecular formula is C18H14FN3O2. The van der Waals surface area contributed by atoms with Crippen LogP contribution in [0, 0.1) is 5.82 Å². The molecule has 1 aromatic heterocycles. The third kappa shape index (κ3) is 2.23. The molecule has 0 aliphatic carbocycles. The van der Waals surface area contributed by atoms with E-state index in [0.717, 1.165) is 10.9 Å². The molecule has 120 valence electrons. The van der Waals surface area contributed by atoms with Crippen molar-refractivity contribution in [2.75, 3.05) is 19.0 Å². The van der Waals surface area contributed by atoms with E-state index in [9.17, 15) is 9.18 Å². The summed E-state index contributed by atoms with van der Waals surface area (Å²) >= 11 is 0. The molecule has 3 aromatic rings. The summed E-state index contributed by atoms with van der Waals surface area (Å²) in [4.78, 5) is 19.6. The first-order valence-corrected chi connectivity index (χ1v) is 7.46. The Morgan fingerprint density at radius 2 is 2.04 bits per heavy atom. The van der Waals surface area contributed by atoms with Crippen LogP contribution in [0.25, 0.3) is 10.9 Å². The molecule has 0 saturated heterocycles. The molecular weight excluding hydrogens is 309 g/mol. The van der Waals surface area contributed by atoms with Gasteiger partial charge in [0.15, 0.2) is 0 Å². The quantitative estimate of drug-likeness (QED) is 0.761. The molecule has 0 fully saturated rings. The van der Waals surface area contributed by atoms with Gasteiger partial charge in [-0.05, 0) is 24.3 Å². The summed E-state index contributed by atoms with van der Waals surface area (Å²) < 4.78 is 19.6. The highest BCUT2D eigenvalue weighted by Gasteiger charge is 2.24. The third-order valence-corrected chi connectivity index (χ3v) is 4.02. The van der Waals surface area contributed by atoms with Crippen LogP contribution in [0.3, 0.4) is 0 Å². The Bertz CT molecular complexity index is 991. The van der Waals surface area contributed by atoms with Crippen LogP contribution in [0.5, 0.6) is 5.75 Å². The number of anilines is 1. The first kappa shape index (κ1) is 14.4. The van der Waals surface area contributed by atoms with Gasteiger partial charge < -0.3 is 15.0 Å². The van der Waals surface area contributed by atoms with Crippen molar-refractivity contribution in [1.82, 2.24) is 4.98 Å². The lowest BCUT2D eigenvalue weighted by molar-refractivity contribution is -0.114. The van der Waals surface area contributed by atoms with Crippen molar-refractivity contribution < 1.29 is 13.9 Å². The molecule has 2 heterocycles. The third-order valence-electron chi connectivity index (χ3n) is 4.02. The van der Waals surface area contributed by atoms with E-state index in [1.165, 1.54) is 13.2 Å². The van der Waals surface area contributed by atoms with E-state index in [1.807, 2.05) is 24.3 Å². The average Bonchev–Trinajstić information content (AvgIpc) is 2.86. The smallest absolute Gasteiger partial charge is 0.246 e. The number of para-hydroxylation sites is 1. The first-order chi connectivity index (χ1) is 11.7. The number of benzene rings is 2. The summed E-state index contributed by atoms with van der Waals surface area (Å²) in [5, 5.41) is 3.71. The van der Waals surface area contributed by atoms with Crippen LogP contribution >= 0.6 is 0 Å². The van der Waals surface area contributed by atoms with Gasteiger partial charge in [-0.1, -0.05) is 18.2 Å². The highest BCUT2D eigenvalue weighted by molar-refractivity contribution is 6.22. The number of aliphatic imine (C=N–C) groups is 1. The summed E-state index contributed by atoms with van der Waals surface area (Å²) in [6, 6.07) is 12.0. The van der Waals surface area contributed by atoms with Crippen LogP contribution in [-0.4, -0.2) is 30.3 Å². The van der Waals surface area contributed by atoms with E-state index in [2.05, 4.69) is 15.3 Å². The SMILES string of the molecule is COc1ccc(F)c(C2=NCC(=O)Nc3c2[nH]c2ccccc32)c1. The van der Waals surface area contributed by atoms with Crippen LogP contribution in [-0.2, 0) is 4.79 Å². The van der Waals surface area contributed by atoms with Crippen molar-refractivity contribution in [2.45, 2.75) is 0 Å². The number of halogens is 1. The lowest BCUT2D eigenvalue weighted by Gasteiger charge is -2.09. The zero-order chi connectivity index (χ0) is 16.7. The van der Waals surface area contributed by atoms with Gasteiger partial charge in [0.2, 0.25) is 5.91 Å². The molecule has 0 saturated carbocycles. The van der Waals surface area contributed by atoms with Crippen LogP contribution in [0.4, 0.5) is 10.1 Å². The number of carbonyl (C=O) groups excluding carboxylic acids is 1. The van der Waals surface area contributed by atoms with Crippen molar-refractivity contribution in [3.8, 4) is 5.75 Å². The number of ether oxygens (including phenoxy) is 1. The topological polar surface area (TPSA) is 66.5 Å². The Kier molecular flexibility index (Phi) is 3.30. The van der Waals surface area contributed by atoms with Gasteiger partial charge in [0.05, 0.1) is 24.2 Å². The van der Waals surface area contributed by atoms with Gasteiger partial charge in [-0.3, -0.25) is 9.79 Å². The Morgan fingerprint density at radius 3 is 2.88 bits per heavy atom. The molecule has 0 unspecified atom stereocenters. The number of nitrogens with one attached hydrogen (secondary N) is 2. The van der Waals surface area contributed by atoms with Gasteiger partial charge >= 0.3 is 0 Å². The molecule has 4 rings (SSSR count). The molecule has 0 spiro atoms. The zero-order valence-electron chi connectivity index (χ0n) is 12.9. The lowest BCUT2D eigenvalue weighted by Crippen LogP contribution is -2.13. The Morgan fingerprint density at radius 1 is 1.21 bits per heavy atom. The second-order valence-electron chi connectivity index (χ2n) is 5.48. The van der Waals surface area contributed by atoms with E-state index >= 15 is 0 Å². The predicted molar refractivity (Wildman–Crippen MR) is 90.4 cm³/mol. The summed E-state index contributed by atoms with van der Waals surface area (Å²) in [6.45, 7) is -0.0666. The molecule has 6 heteroatoms. The van der Waals surface area contributed by atoms with Crippen molar-refractivity contribution in [3.05, 3.63) is 59.5 Å². The van der Waals surface area contributed by atoms with Gasteiger partial charge in [-0.25, -0.2) is 4.39 Å². The molecule has 2 aromatic carbocycles. The normalized spacial score (nSPS) is 13.9. The van der Waals surface area contributed by atoms with Crippen molar-refractivity contribution in [1.29, 1.82) is 0 Å². The van der Waals surface area contributed by atoms with Gasteiger partial charge in [0.1, 0.15) is 18.1 Å². The monoisotopic (exact) mass is 323 g/mol. The first-order valence-electron chi connectivity index (χ1n) is 7.46. The number of nitrogens with zero attached hydrogens (tertiary/aromatic N) is 1. The number of rotatable bonds is 2. The van der Waals surface area contributed by atoms with Gasteiger partial charge in [0, 0.05) is 16.5 Å². The summed E-state index contributed by atoms with van der Waals surface area (Å²) in [5.41, 5.74) is 2.75. The number of methoxy groups -OCH3 is 1. The summed E-state index contributed by atoms with van der Waals surface area (Å²) in [5.74, 6) is -0.136. The summed E-state index contributed by atoms with van der Waals surface area (Å²) in [7, 11) is 1.52. The summed E-state index contributed by atoms with van der Waals surface area (Å²) in [6.07, 6.45) is 0. The molecule has 5 nitrogen and oxygen atoms in total. The van der Waals surface area contributed by atoms with Crippen LogP contribution in [0.15, 0.2) is 47.5 Å². The minimum absolute atomic E-state index is 0.0666. The maximum absolute atomic E-state index is 14.4. The van der Waals surface area contributed by atoms with Gasteiger partial charge in [-0.15, -0.1) is 0 Å². The molecule has 24 heavy (non-hydrogen) atoms. The fourth-order valence-electron chi connectivity index (χ4n) is 2.89. The number of amides is 1. The minimum atomic E-state index is -0.423. The van der Waals surface area contributed by atoms with Crippen molar-refractivity contribution in [2.24, 2.45) is 4.99 Å². The molecule has 0 atom stereocenters. The molecule has 1 aliphatic rings. The molecule has 1 amide bonds. The number of hydrogen-bond donors (Lipinski definition) is 2. The molecule has 0 radical (unpaired) electrons. The van der Waals surface area contributed by atoms with Crippen molar-refractivity contribution in [3.63, 3.8) is 0 Å². The lowest BCUT2D eigenvalue weighted by atomic mass is 10.0. The molecule has 0 bridgehead atoms. The number of H-pyrrole nitrogens is 1. The van der Waals surface area contributed by atoms with Crippen LogP contribution < -0.4 is 10.1 Å². The van der Waals surface area contributed by atoms with Crippen LogP contribution in [0.1, 0.15) is 11.3 Å². The number of aromatic nitrogens is 1. The fraction of sp³-hybridized carbons (Fsp3) is 0.111. The van der Waals surface area contributed by atoms with E-state index in [-0.39, 0.29) is 12.5 Å². The number of carbonyl (C=O) groups is 1. The standard InChI is InChI=1S/C18H14FN3O2/c1-24-10-6-7-13(19)12(8-10)16-18-17(22-15(23)9-20-16)11-4-2-3-5-14(11)21-18/h2-8,21H,9H2,1H3,(H,22,23). The maximum Gasteiger partial charge on any atom is 0.246 e.